The van der Waals surface area contributed by atoms with Gasteiger partial charge >= 0.3 is 5.97 Å². The van der Waals surface area contributed by atoms with E-state index in [9.17, 15) is 9.59 Å². The summed E-state index contributed by atoms with van der Waals surface area (Å²) in [7, 11) is 0. The van der Waals surface area contributed by atoms with Gasteiger partial charge in [0, 0.05) is 6.04 Å². The molecule has 0 radical (unpaired) electrons. The monoisotopic (exact) mass is 228 g/mol. The highest BCUT2D eigenvalue weighted by Gasteiger charge is 2.44. The second-order valence-electron chi connectivity index (χ2n) is 4.47. The lowest BCUT2D eigenvalue weighted by atomic mass is 9.77. The zero-order valence-electron chi connectivity index (χ0n) is 9.88. The summed E-state index contributed by atoms with van der Waals surface area (Å²) in [5.74, 6) is -0.989. The van der Waals surface area contributed by atoms with Gasteiger partial charge in [-0.15, -0.1) is 0 Å². The van der Waals surface area contributed by atoms with Crippen LogP contribution >= 0.6 is 0 Å². The first-order chi connectivity index (χ1) is 7.50. The Morgan fingerprint density at radius 1 is 1.44 bits per heavy atom. The molecule has 1 aliphatic rings. The molecular weight excluding hydrogens is 208 g/mol. The lowest BCUT2D eigenvalue weighted by molar-refractivity contribution is -0.149. The molecule has 16 heavy (non-hydrogen) atoms. The van der Waals surface area contributed by atoms with Gasteiger partial charge < -0.3 is 10.4 Å². The number of hydrogen-bond acceptors (Lipinski definition) is 3. The Labute approximate surface area is 95.6 Å². The normalized spacial score (nSPS) is 19.6. The average Bonchev–Trinajstić information content (AvgIpc) is 2.15. The van der Waals surface area contributed by atoms with Crippen LogP contribution in [0.5, 0.6) is 0 Å². The fraction of sp³-hybridized carbons (Fsp3) is 0.818. The van der Waals surface area contributed by atoms with Gasteiger partial charge in [-0.25, -0.2) is 0 Å². The summed E-state index contributed by atoms with van der Waals surface area (Å²) in [6.07, 6.45) is 3.00. The molecule has 1 unspecified atom stereocenters. The van der Waals surface area contributed by atoms with Gasteiger partial charge in [0.15, 0.2) is 0 Å². The molecule has 0 bridgehead atoms. The maximum absolute atomic E-state index is 11.5. The quantitative estimate of drug-likeness (QED) is 0.618. The van der Waals surface area contributed by atoms with Gasteiger partial charge in [0.05, 0.1) is 6.54 Å². The van der Waals surface area contributed by atoms with E-state index in [-0.39, 0.29) is 18.5 Å². The van der Waals surface area contributed by atoms with Gasteiger partial charge in [-0.1, -0.05) is 6.92 Å². The Morgan fingerprint density at radius 2 is 2.06 bits per heavy atom. The van der Waals surface area contributed by atoms with Crippen molar-refractivity contribution in [1.82, 2.24) is 10.6 Å². The van der Waals surface area contributed by atoms with E-state index in [1.165, 1.54) is 0 Å². The van der Waals surface area contributed by atoms with Crippen molar-refractivity contribution in [2.75, 3.05) is 6.54 Å². The van der Waals surface area contributed by atoms with E-state index in [2.05, 4.69) is 10.6 Å². The van der Waals surface area contributed by atoms with Crippen LogP contribution in [0.4, 0.5) is 0 Å². The van der Waals surface area contributed by atoms with E-state index in [4.69, 9.17) is 5.11 Å². The largest absolute Gasteiger partial charge is 0.480 e. The third kappa shape index (κ3) is 2.95. The van der Waals surface area contributed by atoms with Crippen molar-refractivity contribution in [2.45, 2.75) is 51.1 Å². The number of rotatable bonds is 6. The molecular formula is C11H20N2O3. The van der Waals surface area contributed by atoms with E-state index in [1.54, 1.807) is 0 Å². The topological polar surface area (TPSA) is 78.4 Å². The molecule has 3 N–H and O–H groups in total. The van der Waals surface area contributed by atoms with Crippen molar-refractivity contribution in [3.63, 3.8) is 0 Å². The minimum absolute atomic E-state index is 0.0800. The maximum Gasteiger partial charge on any atom is 0.323 e. The number of carboxylic acids is 1. The summed E-state index contributed by atoms with van der Waals surface area (Å²) in [4.78, 5) is 22.5. The van der Waals surface area contributed by atoms with E-state index >= 15 is 0 Å². The smallest absolute Gasteiger partial charge is 0.323 e. The van der Waals surface area contributed by atoms with Gasteiger partial charge in [0.2, 0.25) is 5.91 Å². The molecule has 0 heterocycles. The molecule has 0 aliphatic heterocycles. The highest BCUT2D eigenvalue weighted by atomic mass is 16.4. The zero-order valence-corrected chi connectivity index (χ0v) is 9.88. The molecule has 0 saturated heterocycles. The fourth-order valence-electron chi connectivity index (χ4n) is 1.67. The van der Waals surface area contributed by atoms with Crippen molar-refractivity contribution in [3.8, 4) is 0 Å². The highest BCUT2D eigenvalue weighted by molar-refractivity contribution is 5.83. The number of amides is 1. The van der Waals surface area contributed by atoms with Gasteiger partial charge in [-0.2, -0.15) is 0 Å². The molecule has 1 aliphatic carbocycles. The Kier molecular flexibility index (Phi) is 4.29. The summed E-state index contributed by atoms with van der Waals surface area (Å²) in [5, 5.41) is 14.7. The van der Waals surface area contributed by atoms with Gasteiger partial charge in [-0.3, -0.25) is 14.9 Å². The van der Waals surface area contributed by atoms with Crippen LogP contribution in [-0.2, 0) is 9.59 Å². The van der Waals surface area contributed by atoms with Crippen molar-refractivity contribution < 1.29 is 14.7 Å². The Balaban J connectivity index is 2.33. The molecule has 0 aromatic carbocycles. The average molecular weight is 228 g/mol. The Hall–Kier alpha value is -1.10. The molecule has 1 saturated carbocycles. The SMILES string of the molecule is CCC(C)NC(=O)CNC1(C(=O)O)CCC1. The second kappa shape index (κ2) is 5.30. The summed E-state index contributed by atoms with van der Waals surface area (Å²) in [6, 6.07) is 0.136. The second-order valence-corrected chi connectivity index (χ2v) is 4.47. The van der Waals surface area contributed by atoms with Crippen molar-refractivity contribution in [1.29, 1.82) is 0 Å². The molecule has 0 aromatic rings. The van der Waals surface area contributed by atoms with E-state index in [0.717, 1.165) is 12.8 Å². The highest BCUT2D eigenvalue weighted by Crippen LogP contribution is 2.31. The Morgan fingerprint density at radius 3 is 2.44 bits per heavy atom. The summed E-state index contributed by atoms with van der Waals surface area (Å²) in [5.41, 5.74) is -0.854. The van der Waals surface area contributed by atoms with Gasteiger partial charge in [-0.05, 0) is 32.6 Å². The fourth-order valence-corrected chi connectivity index (χ4v) is 1.67. The number of carboxylic acid groups (broad SMARTS) is 1. The maximum atomic E-state index is 11.5. The van der Waals surface area contributed by atoms with E-state index in [1.807, 2.05) is 13.8 Å². The molecule has 1 fully saturated rings. The first-order valence-electron chi connectivity index (χ1n) is 5.78. The number of carbonyl (C=O) groups is 2. The third-order valence-corrected chi connectivity index (χ3v) is 3.22. The van der Waals surface area contributed by atoms with Crippen LogP contribution in [0.25, 0.3) is 0 Å². The van der Waals surface area contributed by atoms with Crippen molar-refractivity contribution in [3.05, 3.63) is 0 Å². The van der Waals surface area contributed by atoms with Crippen LogP contribution in [0, 0.1) is 0 Å². The molecule has 92 valence electrons. The minimum Gasteiger partial charge on any atom is -0.480 e. The molecule has 0 spiro atoms. The number of hydrogen-bond donors (Lipinski definition) is 3. The number of aliphatic carboxylic acids is 1. The van der Waals surface area contributed by atoms with Gasteiger partial charge in [0.1, 0.15) is 5.54 Å². The predicted octanol–water partition coefficient (Wildman–Crippen LogP) is 0.498. The van der Waals surface area contributed by atoms with E-state index < -0.39 is 11.5 Å². The molecule has 0 aromatic heterocycles. The first-order valence-corrected chi connectivity index (χ1v) is 5.78. The molecule has 1 atom stereocenters. The lowest BCUT2D eigenvalue weighted by Gasteiger charge is -2.38. The van der Waals surface area contributed by atoms with Crippen LogP contribution in [0.2, 0.25) is 0 Å². The first kappa shape index (κ1) is 13.0. The van der Waals surface area contributed by atoms with Crippen LogP contribution in [0.15, 0.2) is 0 Å². The Bertz CT molecular complexity index is 274. The van der Waals surface area contributed by atoms with Crippen LogP contribution in [-0.4, -0.2) is 35.1 Å². The minimum atomic E-state index is -0.854. The number of carbonyl (C=O) groups excluding carboxylic acids is 1. The standard InChI is InChI=1S/C11H20N2O3/c1-3-8(2)13-9(14)7-12-11(10(15)16)5-4-6-11/h8,12H,3-7H2,1-2H3,(H,13,14)(H,15,16). The summed E-state index contributed by atoms with van der Waals surface area (Å²) < 4.78 is 0. The molecule has 5 nitrogen and oxygen atoms in total. The molecule has 5 heteroatoms. The van der Waals surface area contributed by atoms with Gasteiger partial charge in [0.25, 0.3) is 0 Å². The van der Waals surface area contributed by atoms with E-state index in [0.29, 0.717) is 12.8 Å². The summed E-state index contributed by atoms with van der Waals surface area (Å²) in [6.45, 7) is 3.99. The van der Waals surface area contributed by atoms with Crippen LogP contribution in [0.3, 0.4) is 0 Å². The zero-order chi connectivity index (χ0) is 12.2. The van der Waals surface area contributed by atoms with Crippen molar-refractivity contribution >= 4 is 11.9 Å². The van der Waals surface area contributed by atoms with Crippen molar-refractivity contribution in [2.24, 2.45) is 0 Å². The molecule has 1 rings (SSSR count). The van der Waals surface area contributed by atoms with Crippen LogP contribution < -0.4 is 10.6 Å². The third-order valence-electron chi connectivity index (χ3n) is 3.22. The predicted molar refractivity (Wildman–Crippen MR) is 60.1 cm³/mol. The van der Waals surface area contributed by atoms with Crippen LogP contribution in [0.1, 0.15) is 39.5 Å². The number of nitrogens with one attached hydrogen (secondary N) is 2. The summed E-state index contributed by atoms with van der Waals surface area (Å²) >= 11 is 0. The lowest BCUT2D eigenvalue weighted by Crippen LogP contribution is -2.59. The molecule has 1 amide bonds.